The highest BCUT2D eigenvalue weighted by Crippen LogP contribution is 2.18. The quantitative estimate of drug-likeness (QED) is 0.594. The van der Waals surface area contributed by atoms with E-state index in [1.165, 1.54) is 12.1 Å². The van der Waals surface area contributed by atoms with E-state index in [4.69, 9.17) is 15.9 Å². The van der Waals surface area contributed by atoms with Crippen LogP contribution in [0.3, 0.4) is 0 Å². The van der Waals surface area contributed by atoms with Gasteiger partial charge in [-0.15, -0.1) is 0 Å². The Labute approximate surface area is 106 Å². The molecule has 0 aliphatic heterocycles. The maximum Gasteiger partial charge on any atom is 0.328 e. The van der Waals surface area contributed by atoms with Crippen molar-refractivity contribution in [3.63, 3.8) is 0 Å². The fourth-order valence-corrected chi connectivity index (χ4v) is 1.54. The first-order chi connectivity index (χ1) is 7.95. The van der Waals surface area contributed by atoms with Gasteiger partial charge in [0.15, 0.2) is 6.04 Å². The molecule has 0 saturated heterocycles. The van der Waals surface area contributed by atoms with Gasteiger partial charge in [0.25, 0.3) is 5.91 Å². The minimum absolute atomic E-state index is 0.160. The van der Waals surface area contributed by atoms with Gasteiger partial charge in [-0.25, -0.2) is 4.79 Å². The van der Waals surface area contributed by atoms with Crippen LogP contribution in [0.25, 0.3) is 0 Å². The van der Waals surface area contributed by atoms with Crippen LogP contribution in [-0.2, 0) is 4.79 Å². The number of carboxylic acids is 1. The van der Waals surface area contributed by atoms with E-state index in [0.29, 0.717) is 4.47 Å². The van der Waals surface area contributed by atoms with Crippen molar-refractivity contribution in [2.24, 2.45) is 0 Å². The summed E-state index contributed by atoms with van der Waals surface area (Å²) < 4.78 is 0.712. The molecule has 1 amide bonds. The zero-order chi connectivity index (χ0) is 13.0. The molecular weight excluding hydrogens is 292 g/mol. The summed E-state index contributed by atoms with van der Waals surface area (Å²) in [6, 6.07) is 3.26. The number of carboxylic acid groups (broad SMARTS) is 1. The van der Waals surface area contributed by atoms with Gasteiger partial charge >= 0.3 is 5.97 Å². The third-order valence-corrected chi connectivity index (χ3v) is 2.54. The lowest BCUT2D eigenvalue weighted by Crippen LogP contribution is -2.43. The number of halogens is 1. The molecule has 6 nitrogen and oxygen atoms in total. The fourth-order valence-electron chi connectivity index (χ4n) is 1.16. The van der Waals surface area contributed by atoms with Gasteiger partial charge in [-0.3, -0.25) is 4.79 Å². The number of anilines is 1. The van der Waals surface area contributed by atoms with E-state index in [2.05, 4.69) is 21.2 Å². The van der Waals surface area contributed by atoms with Gasteiger partial charge in [0.1, 0.15) is 0 Å². The number of nitrogens with one attached hydrogen (secondary N) is 1. The topological polar surface area (TPSA) is 113 Å². The van der Waals surface area contributed by atoms with E-state index < -0.39 is 24.5 Å². The Balaban J connectivity index is 2.86. The van der Waals surface area contributed by atoms with Gasteiger partial charge in [-0.1, -0.05) is 15.9 Å². The molecule has 0 spiro atoms. The molecule has 1 unspecified atom stereocenters. The van der Waals surface area contributed by atoms with Crippen LogP contribution < -0.4 is 11.1 Å². The number of nitrogens with two attached hydrogens (primary N) is 1. The smallest absolute Gasteiger partial charge is 0.328 e. The van der Waals surface area contributed by atoms with Crippen molar-refractivity contribution in [3.8, 4) is 0 Å². The molecule has 1 rings (SSSR count). The number of rotatable bonds is 4. The van der Waals surface area contributed by atoms with Crippen molar-refractivity contribution in [2.75, 3.05) is 12.3 Å². The number of benzene rings is 1. The van der Waals surface area contributed by atoms with E-state index in [0.717, 1.165) is 0 Å². The van der Waals surface area contributed by atoms with Crippen molar-refractivity contribution < 1.29 is 19.8 Å². The van der Waals surface area contributed by atoms with Crippen molar-refractivity contribution in [1.82, 2.24) is 5.32 Å². The second kappa shape index (κ2) is 5.65. The highest BCUT2D eigenvalue weighted by molar-refractivity contribution is 9.10. The summed E-state index contributed by atoms with van der Waals surface area (Å²) in [5.41, 5.74) is 6.00. The van der Waals surface area contributed by atoms with E-state index >= 15 is 0 Å². The molecule has 0 radical (unpaired) electrons. The van der Waals surface area contributed by atoms with Crippen LogP contribution in [0, 0.1) is 0 Å². The number of carbonyl (C=O) groups is 2. The standard InChI is InChI=1S/C10H11BrN2O4/c11-5-1-2-6(7(12)3-5)9(15)13-8(4-14)10(16)17/h1-3,8,14H,4,12H2,(H,13,15)(H,16,17). The van der Waals surface area contributed by atoms with Gasteiger partial charge in [-0.2, -0.15) is 0 Å². The predicted molar refractivity (Wildman–Crippen MR) is 64.5 cm³/mol. The average Bonchev–Trinajstić information content (AvgIpc) is 2.24. The molecule has 0 saturated carbocycles. The first kappa shape index (κ1) is 13.5. The number of aliphatic carboxylic acids is 1. The van der Waals surface area contributed by atoms with Crippen molar-refractivity contribution in [3.05, 3.63) is 28.2 Å². The second-order valence-corrected chi connectivity index (χ2v) is 4.19. The van der Waals surface area contributed by atoms with Crippen molar-refractivity contribution in [2.45, 2.75) is 6.04 Å². The van der Waals surface area contributed by atoms with Crippen LogP contribution in [0.4, 0.5) is 5.69 Å². The highest BCUT2D eigenvalue weighted by Gasteiger charge is 2.20. The summed E-state index contributed by atoms with van der Waals surface area (Å²) in [5.74, 6) is -1.95. The number of amides is 1. The average molecular weight is 303 g/mol. The van der Waals surface area contributed by atoms with Gasteiger partial charge in [0.05, 0.1) is 12.2 Å². The molecule has 0 bridgehead atoms. The Morgan fingerprint density at radius 1 is 1.47 bits per heavy atom. The molecule has 1 aromatic carbocycles. The van der Waals surface area contributed by atoms with Crippen LogP contribution in [0.5, 0.6) is 0 Å². The molecule has 1 atom stereocenters. The highest BCUT2D eigenvalue weighted by atomic mass is 79.9. The number of nitrogen functional groups attached to an aromatic ring is 1. The molecule has 0 aromatic heterocycles. The summed E-state index contributed by atoms with van der Waals surface area (Å²) in [6.07, 6.45) is 0. The SMILES string of the molecule is Nc1cc(Br)ccc1C(=O)NC(CO)C(=O)O. The normalized spacial score (nSPS) is 11.9. The minimum Gasteiger partial charge on any atom is -0.480 e. The summed E-state index contributed by atoms with van der Waals surface area (Å²) in [4.78, 5) is 22.3. The van der Waals surface area contributed by atoms with Crippen LogP contribution in [0.1, 0.15) is 10.4 Å². The third-order valence-electron chi connectivity index (χ3n) is 2.04. The lowest BCUT2D eigenvalue weighted by molar-refractivity contribution is -0.140. The Kier molecular flexibility index (Phi) is 4.47. The van der Waals surface area contributed by atoms with Crippen molar-refractivity contribution in [1.29, 1.82) is 0 Å². The summed E-state index contributed by atoms with van der Waals surface area (Å²) in [6.45, 7) is -0.683. The monoisotopic (exact) mass is 302 g/mol. The fraction of sp³-hybridized carbons (Fsp3) is 0.200. The van der Waals surface area contributed by atoms with E-state index in [-0.39, 0.29) is 11.3 Å². The predicted octanol–water partition coefficient (Wildman–Crippen LogP) is 0.207. The lowest BCUT2D eigenvalue weighted by atomic mass is 10.1. The molecule has 0 heterocycles. The number of hydrogen-bond acceptors (Lipinski definition) is 4. The molecule has 17 heavy (non-hydrogen) atoms. The zero-order valence-electron chi connectivity index (χ0n) is 8.68. The summed E-state index contributed by atoms with van der Waals surface area (Å²) in [7, 11) is 0. The molecule has 1 aromatic rings. The minimum atomic E-state index is -1.34. The van der Waals surface area contributed by atoms with E-state index in [1.54, 1.807) is 6.07 Å². The number of aliphatic hydroxyl groups excluding tert-OH is 1. The Morgan fingerprint density at radius 2 is 2.12 bits per heavy atom. The Bertz CT molecular complexity index is 450. The lowest BCUT2D eigenvalue weighted by Gasteiger charge is -2.12. The van der Waals surface area contributed by atoms with Gasteiger partial charge in [0, 0.05) is 10.2 Å². The molecule has 0 fully saturated rings. The van der Waals surface area contributed by atoms with Gasteiger partial charge in [-0.05, 0) is 18.2 Å². The van der Waals surface area contributed by atoms with Crippen LogP contribution in [0.2, 0.25) is 0 Å². The number of hydrogen-bond donors (Lipinski definition) is 4. The molecule has 0 aliphatic carbocycles. The molecule has 7 heteroatoms. The van der Waals surface area contributed by atoms with Crippen LogP contribution in [-0.4, -0.2) is 34.7 Å². The van der Waals surface area contributed by atoms with Gasteiger partial charge < -0.3 is 21.3 Å². The summed E-state index contributed by atoms with van der Waals surface area (Å²) >= 11 is 3.19. The maximum atomic E-state index is 11.7. The molecule has 0 aliphatic rings. The second-order valence-electron chi connectivity index (χ2n) is 3.28. The first-order valence-corrected chi connectivity index (χ1v) is 5.44. The van der Waals surface area contributed by atoms with Crippen LogP contribution >= 0.6 is 15.9 Å². The zero-order valence-corrected chi connectivity index (χ0v) is 10.3. The van der Waals surface area contributed by atoms with Crippen molar-refractivity contribution >= 4 is 33.5 Å². The molecular formula is C10H11BrN2O4. The molecule has 5 N–H and O–H groups in total. The van der Waals surface area contributed by atoms with Crippen LogP contribution in [0.15, 0.2) is 22.7 Å². The molecule has 92 valence electrons. The Hall–Kier alpha value is -1.60. The first-order valence-electron chi connectivity index (χ1n) is 4.65. The largest absolute Gasteiger partial charge is 0.480 e. The number of aliphatic hydroxyl groups is 1. The third kappa shape index (κ3) is 3.43. The van der Waals surface area contributed by atoms with E-state index in [1.807, 2.05) is 0 Å². The maximum absolute atomic E-state index is 11.7. The summed E-state index contributed by atoms with van der Waals surface area (Å²) in [5, 5.41) is 19.6. The van der Waals surface area contributed by atoms with Gasteiger partial charge in [0.2, 0.25) is 0 Å². The Morgan fingerprint density at radius 3 is 2.59 bits per heavy atom. The van der Waals surface area contributed by atoms with E-state index in [9.17, 15) is 9.59 Å². The number of carbonyl (C=O) groups excluding carboxylic acids is 1.